The van der Waals surface area contributed by atoms with Gasteiger partial charge in [-0.2, -0.15) is 5.10 Å². The van der Waals surface area contributed by atoms with Crippen LogP contribution in [0.5, 0.6) is 17.2 Å². The molecule has 0 spiro atoms. The quantitative estimate of drug-likeness (QED) is 0.904. The molecule has 2 aromatic rings. The largest absolute Gasteiger partial charge is 0.493 e. The summed E-state index contributed by atoms with van der Waals surface area (Å²) in [5.74, 6) is 2.44. The molecule has 0 saturated heterocycles. The first-order valence-electron chi connectivity index (χ1n) is 6.99. The van der Waals surface area contributed by atoms with Crippen molar-refractivity contribution in [3.05, 3.63) is 35.2 Å². The highest BCUT2D eigenvalue weighted by molar-refractivity contribution is 5.53. The van der Waals surface area contributed by atoms with E-state index in [2.05, 4.69) is 22.5 Å². The predicted molar refractivity (Wildman–Crippen MR) is 75.9 cm³/mol. The zero-order valence-corrected chi connectivity index (χ0v) is 12.0. The van der Waals surface area contributed by atoms with Gasteiger partial charge in [0.25, 0.3) is 0 Å². The summed E-state index contributed by atoms with van der Waals surface area (Å²) in [4.78, 5) is 0. The average molecular weight is 287 g/mol. The molecule has 2 aliphatic heterocycles. The van der Waals surface area contributed by atoms with E-state index in [0.717, 1.165) is 35.9 Å². The van der Waals surface area contributed by atoms with Gasteiger partial charge in [0.2, 0.25) is 6.79 Å². The van der Waals surface area contributed by atoms with Gasteiger partial charge in [0.15, 0.2) is 17.2 Å². The Morgan fingerprint density at radius 3 is 2.95 bits per heavy atom. The number of fused-ring (bicyclic) bond motifs is 2. The van der Waals surface area contributed by atoms with E-state index in [1.165, 1.54) is 11.1 Å². The summed E-state index contributed by atoms with van der Waals surface area (Å²) in [5.41, 5.74) is 3.51. The molecule has 0 amide bonds. The van der Waals surface area contributed by atoms with Gasteiger partial charge in [-0.05, 0) is 29.7 Å². The van der Waals surface area contributed by atoms with Gasteiger partial charge in [-0.25, -0.2) is 0 Å². The maximum absolute atomic E-state index is 5.51. The van der Waals surface area contributed by atoms with Crippen LogP contribution in [0.1, 0.15) is 22.9 Å². The molecule has 21 heavy (non-hydrogen) atoms. The number of rotatable bonds is 2. The molecule has 0 aliphatic carbocycles. The van der Waals surface area contributed by atoms with E-state index >= 15 is 0 Å². The molecule has 0 bridgehead atoms. The van der Waals surface area contributed by atoms with Crippen LogP contribution in [-0.4, -0.2) is 30.2 Å². The molecule has 0 saturated carbocycles. The van der Waals surface area contributed by atoms with Crippen molar-refractivity contribution in [1.82, 2.24) is 15.1 Å². The lowest BCUT2D eigenvalue weighted by Gasteiger charge is -2.28. The fourth-order valence-electron chi connectivity index (χ4n) is 3.10. The number of aryl methyl sites for hydroxylation is 1. The highest BCUT2D eigenvalue weighted by Crippen LogP contribution is 2.41. The van der Waals surface area contributed by atoms with Gasteiger partial charge in [-0.15, -0.1) is 0 Å². The Morgan fingerprint density at radius 2 is 2.14 bits per heavy atom. The zero-order chi connectivity index (χ0) is 14.4. The molecule has 110 valence electrons. The maximum Gasteiger partial charge on any atom is 0.231 e. The highest BCUT2D eigenvalue weighted by Gasteiger charge is 2.29. The van der Waals surface area contributed by atoms with Gasteiger partial charge in [0.05, 0.1) is 19.3 Å². The van der Waals surface area contributed by atoms with Gasteiger partial charge in [0, 0.05) is 13.6 Å². The Morgan fingerprint density at radius 1 is 1.33 bits per heavy atom. The summed E-state index contributed by atoms with van der Waals surface area (Å²) in [7, 11) is 3.60. The lowest BCUT2D eigenvalue weighted by Crippen LogP contribution is -2.32. The summed E-state index contributed by atoms with van der Waals surface area (Å²) in [6.07, 6.45) is 2.72. The van der Waals surface area contributed by atoms with Crippen molar-refractivity contribution < 1.29 is 14.2 Å². The van der Waals surface area contributed by atoms with E-state index in [1.807, 2.05) is 11.7 Å². The van der Waals surface area contributed by atoms with E-state index in [-0.39, 0.29) is 6.04 Å². The number of methoxy groups -OCH3 is 1. The van der Waals surface area contributed by atoms with Crippen LogP contribution in [-0.2, 0) is 13.5 Å². The second-order valence-corrected chi connectivity index (χ2v) is 5.26. The summed E-state index contributed by atoms with van der Waals surface area (Å²) < 4.78 is 18.3. The Labute approximate surface area is 122 Å². The summed E-state index contributed by atoms with van der Waals surface area (Å²) in [5, 5.41) is 7.85. The van der Waals surface area contributed by atoms with Crippen molar-refractivity contribution in [2.45, 2.75) is 12.5 Å². The van der Waals surface area contributed by atoms with Gasteiger partial charge < -0.3 is 19.5 Å². The average Bonchev–Trinajstić information content (AvgIpc) is 3.10. The number of hydrogen-bond donors (Lipinski definition) is 1. The van der Waals surface area contributed by atoms with E-state index in [9.17, 15) is 0 Å². The molecule has 1 aromatic carbocycles. The monoisotopic (exact) mass is 287 g/mol. The molecule has 1 unspecified atom stereocenters. The maximum atomic E-state index is 5.51. The fourth-order valence-corrected chi connectivity index (χ4v) is 3.10. The molecule has 1 atom stereocenters. The minimum atomic E-state index is 0.0469. The highest BCUT2D eigenvalue weighted by atomic mass is 16.7. The standard InChI is InChI=1S/C15H17N3O3/c1-18-15(13(19-2)7-17-18)14-10-6-12-11(20-8-21-12)5-9(10)3-4-16-14/h5-7,14,16H,3-4,8H2,1-2H3. The second-order valence-electron chi connectivity index (χ2n) is 5.26. The third kappa shape index (κ3) is 1.86. The Kier molecular flexibility index (Phi) is 2.78. The van der Waals surface area contributed by atoms with Crippen LogP contribution in [0.4, 0.5) is 0 Å². The van der Waals surface area contributed by atoms with Crippen LogP contribution < -0.4 is 19.5 Å². The van der Waals surface area contributed by atoms with Crippen molar-refractivity contribution in [3.8, 4) is 17.2 Å². The van der Waals surface area contributed by atoms with Crippen molar-refractivity contribution in [3.63, 3.8) is 0 Å². The predicted octanol–water partition coefficient (Wildman–Crippen LogP) is 1.39. The third-order valence-electron chi connectivity index (χ3n) is 4.13. The van der Waals surface area contributed by atoms with E-state index < -0.39 is 0 Å². The normalized spacial score (nSPS) is 19.4. The van der Waals surface area contributed by atoms with Crippen molar-refractivity contribution in [1.29, 1.82) is 0 Å². The fraction of sp³-hybridized carbons (Fsp3) is 0.400. The molecule has 6 nitrogen and oxygen atoms in total. The van der Waals surface area contributed by atoms with Crippen LogP contribution >= 0.6 is 0 Å². The topological polar surface area (TPSA) is 57.5 Å². The molecular formula is C15H17N3O3. The first-order valence-corrected chi connectivity index (χ1v) is 6.99. The summed E-state index contributed by atoms with van der Waals surface area (Å²) in [6, 6.07) is 4.21. The van der Waals surface area contributed by atoms with Crippen molar-refractivity contribution >= 4 is 0 Å². The number of nitrogens with one attached hydrogen (secondary N) is 1. The second kappa shape index (κ2) is 4.66. The van der Waals surface area contributed by atoms with Crippen LogP contribution in [0.15, 0.2) is 18.3 Å². The van der Waals surface area contributed by atoms with Crippen molar-refractivity contribution in [2.75, 3.05) is 20.4 Å². The number of hydrogen-bond acceptors (Lipinski definition) is 5. The molecule has 0 fully saturated rings. The first kappa shape index (κ1) is 12.5. The third-order valence-corrected chi connectivity index (χ3v) is 4.13. The lowest BCUT2D eigenvalue weighted by atomic mass is 9.91. The molecule has 2 aliphatic rings. The lowest BCUT2D eigenvalue weighted by molar-refractivity contribution is 0.174. The van der Waals surface area contributed by atoms with Crippen LogP contribution in [0.3, 0.4) is 0 Å². The van der Waals surface area contributed by atoms with E-state index in [1.54, 1.807) is 13.3 Å². The van der Waals surface area contributed by atoms with Gasteiger partial charge >= 0.3 is 0 Å². The molecule has 1 aromatic heterocycles. The van der Waals surface area contributed by atoms with Crippen LogP contribution in [0.2, 0.25) is 0 Å². The van der Waals surface area contributed by atoms with Gasteiger partial charge in [-0.1, -0.05) is 0 Å². The summed E-state index contributed by atoms with van der Waals surface area (Å²) in [6.45, 7) is 1.21. The van der Waals surface area contributed by atoms with E-state index in [0.29, 0.717) is 6.79 Å². The number of benzene rings is 1. The minimum Gasteiger partial charge on any atom is -0.493 e. The molecule has 1 N–H and O–H groups in total. The molecule has 4 rings (SSSR count). The Hall–Kier alpha value is -2.21. The van der Waals surface area contributed by atoms with E-state index in [4.69, 9.17) is 14.2 Å². The van der Waals surface area contributed by atoms with Gasteiger partial charge in [-0.3, -0.25) is 4.68 Å². The molecular weight excluding hydrogens is 270 g/mol. The Bertz CT molecular complexity index is 696. The van der Waals surface area contributed by atoms with Crippen LogP contribution in [0, 0.1) is 0 Å². The number of nitrogens with zero attached hydrogens (tertiary/aromatic N) is 2. The number of ether oxygens (including phenoxy) is 3. The smallest absolute Gasteiger partial charge is 0.231 e. The van der Waals surface area contributed by atoms with Crippen molar-refractivity contribution in [2.24, 2.45) is 7.05 Å². The molecule has 6 heteroatoms. The molecule has 3 heterocycles. The summed E-state index contributed by atoms with van der Waals surface area (Å²) >= 11 is 0. The number of aromatic nitrogens is 2. The zero-order valence-electron chi connectivity index (χ0n) is 12.0. The minimum absolute atomic E-state index is 0.0469. The molecule has 0 radical (unpaired) electrons. The Balaban J connectivity index is 1.85. The SMILES string of the molecule is COc1cnn(C)c1C1NCCc2cc3c(cc21)OCO3. The van der Waals surface area contributed by atoms with Gasteiger partial charge in [0.1, 0.15) is 5.69 Å². The van der Waals surface area contributed by atoms with Crippen LogP contribution in [0.25, 0.3) is 0 Å². The first-order chi connectivity index (χ1) is 10.3.